The fourth-order valence-corrected chi connectivity index (χ4v) is 2.87. The van der Waals surface area contributed by atoms with Gasteiger partial charge in [0.25, 0.3) is 5.91 Å². The summed E-state index contributed by atoms with van der Waals surface area (Å²) >= 11 is 0. The normalized spacial score (nSPS) is 12.7. The zero-order chi connectivity index (χ0) is 24.4. The Kier molecular flexibility index (Phi) is 9.30. The van der Waals surface area contributed by atoms with E-state index in [4.69, 9.17) is 16.6 Å². The predicted molar refractivity (Wildman–Crippen MR) is 120 cm³/mol. The Morgan fingerprint density at radius 3 is 2.55 bits per heavy atom. The third-order valence-electron chi connectivity index (χ3n) is 4.51. The van der Waals surface area contributed by atoms with Crippen molar-refractivity contribution in [1.82, 2.24) is 10.7 Å². The number of rotatable bonds is 11. The van der Waals surface area contributed by atoms with Crippen molar-refractivity contribution in [3.8, 4) is 0 Å². The van der Waals surface area contributed by atoms with E-state index < -0.39 is 46.4 Å². The minimum Gasteiger partial charge on any atom is -0.396 e. The van der Waals surface area contributed by atoms with Gasteiger partial charge in [0, 0.05) is 23.9 Å². The quantitative estimate of drug-likeness (QED) is 0.226. The highest BCUT2D eigenvalue weighted by atomic mass is 19.1. The summed E-state index contributed by atoms with van der Waals surface area (Å²) in [5.74, 6) is -3.62. The lowest BCUT2D eigenvalue weighted by atomic mass is 9.99. The molecule has 2 aromatic rings. The molecule has 0 aromatic heterocycles. The molecule has 7 N–H and O–H groups in total. The number of amides is 1. The van der Waals surface area contributed by atoms with Crippen molar-refractivity contribution in [2.45, 2.75) is 12.5 Å². The SMILES string of the molecule is N=C/C=N\NCC(CCO)NC(=O)c1cccc(F)c1C(N)=C(F)C(=N)c1ccc(F)cc1. The number of hydrazone groups is 1. The molecule has 0 fully saturated rings. The highest BCUT2D eigenvalue weighted by Gasteiger charge is 2.23. The highest BCUT2D eigenvalue weighted by molar-refractivity contribution is 6.14. The minimum absolute atomic E-state index is 0.0127. The Hall–Kier alpha value is -3.99. The van der Waals surface area contributed by atoms with Gasteiger partial charge in [0.15, 0.2) is 5.83 Å². The van der Waals surface area contributed by atoms with Gasteiger partial charge in [-0.1, -0.05) is 6.07 Å². The lowest BCUT2D eigenvalue weighted by Gasteiger charge is -2.19. The van der Waals surface area contributed by atoms with E-state index in [2.05, 4.69) is 15.8 Å². The summed E-state index contributed by atoms with van der Waals surface area (Å²) in [5, 5.41) is 30.4. The molecule has 11 heteroatoms. The van der Waals surface area contributed by atoms with Gasteiger partial charge in [-0.2, -0.15) is 5.10 Å². The van der Waals surface area contributed by atoms with Gasteiger partial charge >= 0.3 is 0 Å². The number of aliphatic hydroxyl groups excluding tert-OH is 1. The summed E-state index contributed by atoms with van der Waals surface area (Å²) in [7, 11) is 0. The van der Waals surface area contributed by atoms with Crippen LogP contribution < -0.4 is 16.5 Å². The molecule has 8 nitrogen and oxygen atoms in total. The van der Waals surface area contributed by atoms with E-state index in [1.165, 1.54) is 30.5 Å². The zero-order valence-electron chi connectivity index (χ0n) is 17.4. The van der Waals surface area contributed by atoms with Crippen LogP contribution in [0.15, 0.2) is 53.4 Å². The fraction of sp³-hybridized carbons (Fsp3) is 0.182. The molecule has 2 rings (SSSR count). The summed E-state index contributed by atoms with van der Waals surface area (Å²) in [6.07, 6.45) is 2.25. The van der Waals surface area contributed by atoms with E-state index in [1.807, 2.05) is 0 Å². The number of allylic oxidation sites excluding steroid dienone is 1. The summed E-state index contributed by atoms with van der Waals surface area (Å²) < 4.78 is 42.7. The topological polar surface area (TPSA) is 147 Å². The summed E-state index contributed by atoms with van der Waals surface area (Å²) in [5.41, 5.74) is 6.17. The molecule has 0 radical (unpaired) electrons. The van der Waals surface area contributed by atoms with Gasteiger partial charge in [0.05, 0.1) is 35.8 Å². The van der Waals surface area contributed by atoms with E-state index >= 15 is 0 Å². The van der Waals surface area contributed by atoms with Crippen molar-refractivity contribution in [3.63, 3.8) is 0 Å². The van der Waals surface area contributed by atoms with Gasteiger partial charge in [-0.05, 0) is 42.8 Å². The molecule has 0 bridgehead atoms. The molecule has 1 atom stereocenters. The number of nitrogens with zero attached hydrogens (tertiary/aromatic N) is 1. The molecule has 1 unspecified atom stereocenters. The molecular formula is C22H23F3N6O2. The molecule has 0 aliphatic rings. The van der Waals surface area contributed by atoms with Gasteiger partial charge < -0.3 is 27.0 Å². The van der Waals surface area contributed by atoms with Crippen LogP contribution in [-0.2, 0) is 0 Å². The van der Waals surface area contributed by atoms with Crippen LogP contribution in [0.3, 0.4) is 0 Å². The molecule has 0 aliphatic carbocycles. The average molecular weight is 460 g/mol. The molecule has 0 saturated carbocycles. The third-order valence-corrected chi connectivity index (χ3v) is 4.51. The lowest BCUT2D eigenvalue weighted by Crippen LogP contribution is -2.42. The first-order chi connectivity index (χ1) is 15.8. The van der Waals surface area contributed by atoms with Crippen LogP contribution >= 0.6 is 0 Å². The minimum atomic E-state index is -1.28. The molecule has 0 heterocycles. The first-order valence-corrected chi connectivity index (χ1v) is 9.75. The van der Waals surface area contributed by atoms with Crippen LogP contribution in [0.5, 0.6) is 0 Å². The number of nitrogens with one attached hydrogen (secondary N) is 4. The number of hydrogen-bond acceptors (Lipinski definition) is 7. The molecular weight excluding hydrogens is 437 g/mol. The van der Waals surface area contributed by atoms with E-state index in [0.717, 1.165) is 24.4 Å². The third kappa shape index (κ3) is 6.74. The van der Waals surface area contributed by atoms with Gasteiger partial charge in [0.2, 0.25) is 0 Å². The van der Waals surface area contributed by atoms with Crippen molar-refractivity contribution in [1.29, 1.82) is 10.8 Å². The van der Waals surface area contributed by atoms with E-state index in [0.29, 0.717) is 0 Å². The van der Waals surface area contributed by atoms with Crippen LogP contribution in [0.25, 0.3) is 5.70 Å². The second-order valence-corrected chi connectivity index (χ2v) is 6.76. The summed E-state index contributed by atoms with van der Waals surface area (Å²) in [6, 6.07) is 7.28. The molecule has 0 spiro atoms. The summed E-state index contributed by atoms with van der Waals surface area (Å²) in [6.45, 7) is -0.168. The highest BCUT2D eigenvalue weighted by Crippen LogP contribution is 2.25. The number of aliphatic hydroxyl groups is 1. The Morgan fingerprint density at radius 2 is 1.91 bits per heavy atom. The smallest absolute Gasteiger partial charge is 0.252 e. The predicted octanol–water partition coefficient (Wildman–Crippen LogP) is 2.34. The van der Waals surface area contributed by atoms with Crippen LogP contribution in [0.2, 0.25) is 0 Å². The van der Waals surface area contributed by atoms with E-state index in [-0.39, 0.29) is 30.7 Å². The van der Waals surface area contributed by atoms with Crippen LogP contribution in [0.4, 0.5) is 13.2 Å². The van der Waals surface area contributed by atoms with Gasteiger partial charge in [-0.3, -0.25) is 10.2 Å². The molecule has 2 aromatic carbocycles. The molecule has 174 valence electrons. The van der Waals surface area contributed by atoms with Crippen molar-refractivity contribution in [2.75, 3.05) is 13.2 Å². The van der Waals surface area contributed by atoms with E-state index in [9.17, 15) is 23.1 Å². The number of hydrogen-bond donors (Lipinski definition) is 6. The maximum absolute atomic E-state index is 15.0. The van der Waals surface area contributed by atoms with E-state index in [1.54, 1.807) is 0 Å². The maximum Gasteiger partial charge on any atom is 0.252 e. The Morgan fingerprint density at radius 1 is 1.21 bits per heavy atom. The number of halogens is 3. The number of carbonyl (C=O) groups is 1. The van der Waals surface area contributed by atoms with Crippen LogP contribution in [-0.4, -0.2) is 48.3 Å². The molecule has 0 saturated heterocycles. The first kappa shape index (κ1) is 25.3. The zero-order valence-corrected chi connectivity index (χ0v) is 17.4. The molecule has 0 aliphatic heterocycles. The van der Waals surface area contributed by atoms with Crippen molar-refractivity contribution >= 4 is 29.7 Å². The van der Waals surface area contributed by atoms with Gasteiger partial charge in [-0.15, -0.1) is 0 Å². The van der Waals surface area contributed by atoms with Crippen LogP contribution in [0, 0.1) is 22.5 Å². The largest absolute Gasteiger partial charge is 0.396 e. The standard InChI is InChI=1S/C22H23F3N6O2/c23-14-6-4-13(5-7-14)20(27)19(25)21(28)18-16(2-1-3-17(18)24)22(33)31-15(8-11-32)12-30-29-10-9-26/h1-7,9-10,15,26-27,30,32H,8,11-12,28H2,(H,31,33)/b21-19?,26-9?,27-20?,29-10-. The molecule has 33 heavy (non-hydrogen) atoms. The Labute approximate surface area is 188 Å². The Bertz CT molecular complexity index is 1070. The number of benzene rings is 2. The van der Waals surface area contributed by atoms with Crippen molar-refractivity contribution in [3.05, 3.63) is 76.6 Å². The molecule has 1 amide bonds. The lowest BCUT2D eigenvalue weighted by molar-refractivity contribution is 0.0929. The van der Waals surface area contributed by atoms with Crippen molar-refractivity contribution in [2.24, 2.45) is 10.8 Å². The second kappa shape index (κ2) is 12.2. The summed E-state index contributed by atoms with van der Waals surface area (Å²) in [4.78, 5) is 12.8. The number of carbonyl (C=O) groups excluding carboxylic acids is 1. The first-order valence-electron chi connectivity index (χ1n) is 9.75. The number of nitrogens with two attached hydrogens (primary N) is 1. The Balaban J connectivity index is 2.36. The van der Waals surface area contributed by atoms with Crippen LogP contribution in [0.1, 0.15) is 27.9 Å². The second-order valence-electron chi connectivity index (χ2n) is 6.76. The monoisotopic (exact) mass is 460 g/mol. The van der Waals surface area contributed by atoms with Crippen molar-refractivity contribution < 1.29 is 23.1 Å². The average Bonchev–Trinajstić information content (AvgIpc) is 2.80. The van der Waals surface area contributed by atoms with Gasteiger partial charge in [-0.25, -0.2) is 13.2 Å². The fourth-order valence-electron chi connectivity index (χ4n) is 2.87. The maximum atomic E-state index is 15.0. The van der Waals surface area contributed by atoms with Gasteiger partial charge in [0.1, 0.15) is 11.6 Å².